The van der Waals surface area contributed by atoms with E-state index in [-0.39, 0.29) is 18.0 Å². The van der Waals surface area contributed by atoms with Crippen LogP contribution in [0, 0.1) is 0 Å². The van der Waals surface area contributed by atoms with Crippen molar-refractivity contribution in [2.45, 2.75) is 30.0 Å². The molecule has 0 amide bonds. The van der Waals surface area contributed by atoms with Crippen LogP contribution in [-0.4, -0.2) is 55.0 Å². The number of thiocarbonyl (C=S) groups is 1. The first kappa shape index (κ1) is 18.4. The summed E-state index contributed by atoms with van der Waals surface area (Å²) in [4.78, 5) is 1.79. The number of hydrogen-bond acceptors (Lipinski definition) is 3. The second-order valence-electron chi connectivity index (χ2n) is 6.14. The number of nitrogens with one attached hydrogen (secondary N) is 1. The zero-order chi connectivity index (χ0) is 18.2. The van der Waals surface area contributed by atoms with Crippen molar-refractivity contribution in [3.05, 3.63) is 29.8 Å². The van der Waals surface area contributed by atoms with Crippen molar-refractivity contribution < 1.29 is 21.6 Å². The molecule has 2 fully saturated rings. The zero-order valence-corrected chi connectivity index (χ0v) is 14.9. The first-order valence-corrected chi connectivity index (χ1v) is 9.75. The topological polar surface area (TPSA) is 52.7 Å². The summed E-state index contributed by atoms with van der Waals surface area (Å²) in [6.07, 6.45) is -2.29. The average Bonchev–Trinajstić information content (AvgIpc) is 3.38. The maximum absolute atomic E-state index is 12.6. The molecule has 25 heavy (non-hydrogen) atoms. The molecular weight excluding hydrogens is 375 g/mol. The van der Waals surface area contributed by atoms with Gasteiger partial charge in [0.15, 0.2) is 5.11 Å². The second kappa shape index (κ2) is 6.73. The van der Waals surface area contributed by atoms with E-state index in [0.717, 1.165) is 37.1 Å². The fourth-order valence-electron chi connectivity index (χ4n) is 2.59. The van der Waals surface area contributed by atoms with Crippen molar-refractivity contribution in [3.8, 4) is 0 Å². The van der Waals surface area contributed by atoms with Crippen LogP contribution in [-0.2, 0) is 16.2 Å². The largest absolute Gasteiger partial charge is 0.416 e. The normalized spacial score (nSPS) is 19.7. The van der Waals surface area contributed by atoms with Crippen LogP contribution in [0.4, 0.5) is 13.2 Å². The van der Waals surface area contributed by atoms with Crippen LogP contribution in [0.5, 0.6) is 0 Å². The van der Waals surface area contributed by atoms with Gasteiger partial charge in [0.2, 0.25) is 10.0 Å². The Balaban J connectivity index is 1.64. The molecule has 0 atom stereocenters. The molecule has 5 nitrogen and oxygen atoms in total. The quantitative estimate of drug-likeness (QED) is 0.797. The Morgan fingerprint density at radius 1 is 1.08 bits per heavy atom. The van der Waals surface area contributed by atoms with Crippen LogP contribution in [0.3, 0.4) is 0 Å². The smallest absolute Gasteiger partial charge is 0.360 e. The number of piperazine rings is 1. The van der Waals surface area contributed by atoms with Crippen LogP contribution in [0.1, 0.15) is 18.4 Å². The van der Waals surface area contributed by atoms with Gasteiger partial charge in [-0.25, -0.2) is 8.42 Å². The van der Waals surface area contributed by atoms with Crippen molar-refractivity contribution in [1.82, 2.24) is 14.5 Å². The summed E-state index contributed by atoms with van der Waals surface area (Å²) < 4.78 is 64.3. The number of rotatable bonds is 3. The number of alkyl halides is 3. The Hall–Kier alpha value is -1.39. The molecule has 3 rings (SSSR count). The van der Waals surface area contributed by atoms with E-state index in [1.807, 2.05) is 4.90 Å². The number of halogens is 3. The molecule has 1 saturated carbocycles. The molecule has 2 aliphatic rings. The average molecular weight is 393 g/mol. The summed E-state index contributed by atoms with van der Waals surface area (Å²) in [5.74, 6) is 0. The minimum Gasteiger partial charge on any atom is -0.360 e. The van der Waals surface area contributed by atoms with E-state index >= 15 is 0 Å². The first-order chi connectivity index (χ1) is 11.7. The Kier molecular flexibility index (Phi) is 4.95. The lowest BCUT2D eigenvalue weighted by molar-refractivity contribution is -0.137. The molecule has 1 N–H and O–H groups in total. The van der Waals surface area contributed by atoms with Gasteiger partial charge in [0.1, 0.15) is 0 Å². The first-order valence-electron chi connectivity index (χ1n) is 7.91. The molecule has 0 spiro atoms. The highest BCUT2D eigenvalue weighted by molar-refractivity contribution is 7.89. The third kappa shape index (κ3) is 4.24. The molecule has 0 unspecified atom stereocenters. The molecule has 1 heterocycles. The third-order valence-corrected chi connectivity index (χ3v) is 6.54. The van der Waals surface area contributed by atoms with Crippen LogP contribution in [0.25, 0.3) is 0 Å². The van der Waals surface area contributed by atoms with Gasteiger partial charge < -0.3 is 10.2 Å². The third-order valence-electron chi connectivity index (χ3n) is 4.25. The van der Waals surface area contributed by atoms with Crippen molar-refractivity contribution in [2.75, 3.05) is 26.2 Å². The van der Waals surface area contributed by atoms with Gasteiger partial charge in [0.25, 0.3) is 0 Å². The highest BCUT2D eigenvalue weighted by Gasteiger charge is 2.33. The highest BCUT2D eigenvalue weighted by Crippen LogP contribution is 2.30. The molecule has 10 heteroatoms. The van der Waals surface area contributed by atoms with E-state index in [0.29, 0.717) is 24.2 Å². The standard InChI is InChI=1S/C15H18F3N3O2S2/c16-15(17,18)11-1-5-13(6-2-11)25(22,23)21-9-7-20(8-10-21)14(24)19-12-3-4-12/h1-2,5-6,12H,3-4,7-10H2,(H,19,24). The van der Waals surface area contributed by atoms with E-state index in [1.165, 1.54) is 4.31 Å². The molecule has 1 aliphatic heterocycles. The molecule has 1 saturated heterocycles. The Morgan fingerprint density at radius 3 is 2.12 bits per heavy atom. The molecular formula is C15H18F3N3O2S2. The molecule has 0 bridgehead atoms. The number of sulfonamides is 1. The van der Waals surface area contributed by atoms with Crippen molar-refractivity contribution >= 4 is 27.4 Å². The summed E-state index contributed by atoms with van der Waals surface area (Å²) in [5.41, 5.74) is -0.868. The predicted molar refractivity (Wildman–Crippen MR) is 90.5 cm³/mol. The SMILES string of the molecule is O=S(=O)(c1ccc(C(F)(F)F)cc1)N1CCN(C(=S)NC2CC2)CC1. The van der Waals surface area contributed by atoms with Crippen molar-refractivity contribution in [1.29, 1.82) is 0 Å². The maximum atomic E-state index is 12.6. The minimum atomic E-state index is -4.49. The number of nitrogens with zero attached hydrogens (tertiary/aromatic N) is 2. The molecule has 1 aromatic rings. The van der Waals surface area contributed by atoms with E-state index in [9.17, 15) is 21.6 Å². The summed E-state index contributed by atoms with van der Waals surface area (Å²) in [6, 6.07) is 4.02. The summed E-state index contributed by atoms with van der Waals surface area (Å²) in [7, 11) is -3.81. The Bertz CT molecular complexity index is 738. The van der Waals surface area contributed by atoms with Gasteiger partial charge in [-0.15, -0.1) is 0 Å². The van der Waals surface area contributed by atoms with Crippen molar-refractivity contribution in [2.24, 2.45) is 0 Å². The fourth-order valence-corrected chi connectivity index (χ4v) is 4.36. The van der Waals surface area contributed by atoms with Gasteiger partial charge in [-0.2, -0.15) is 17.5 Å². The van der Waals surface area contributed by atoms with Crippen molar-refractivity contribution in [3.63, 3.8) is 0 Å². The number of benzene rings is 1. The van der Waals surface area contributed by atoms with Crippen LogP contribution < -0.4 is 5.32 Å². The number of hydrogen-bond donors (Lipinski definition) is 1. The van der Waals surface area contributed by atoms with Crippen LogP contribution in [0.15, 0.2) is 29.2 Å². The van der Waals surface area contributed by atoms with E-state index < -0.39 is 21.8 Å². The molecule has 1 aromatic carbocycles. The van der Waals surface area contributed by atoms with Gasteiger partial charge in [0, 0.05) is 32.2 Å². The molecule has 1 aliphatic carbocycles. The van der Waals surface area contributed by atoms with E-state index in [1.54, 1.807) is 0 Å². The van der Waals surface area contributed by atoms with Crippen LogP contribution in [0.2, 0.25) is 0 Å². The highest BCUT2D eigenvalue weighted by atomic mass is 32.2. The Morgan fingerprint density at radius 2 is 1.64 bits per heavy atom. The van der Waals surface area contributed by atoms with Gasteiger partial charge in [-0.05, 0) is 49.3 Å². The van der Waals surface area contributed by atoms with Gasteiger partial charge >= 0.3 is 6.18 Å². The molecule has 0 radical (unpaired) electrons. The van der Waals surface area contributed by atoms with E-state index in [4.69, 9.17) is 12.2 Å². The Labute approximate surface area is 149 Å². The lowest BCUT2D eigenvalue weighted by atomic mass is 10.2. The summed E-state index contributed by atoms with van der Waals surface area (Å²) >= 11 is 5.31. The van der Waals surface area contributed by atoms with Gasteiger partial charge in [-0.1, -0.05) is 0 Å². The molecule has 138 valence electrons. The zero-order valence-electron chi connectivity index (χ0n) is 13.3. The lowest BCUT2D eigenvalue weighted by Crippen LogP contribution is -2.53. The lowest BCUT2D eigenvalue weighted by Gasteiger charge is -2.35. The molecule has 0 aromatic heterocycles. The second-order valence-corrected chi connectivity index (χ2v) is 8.46. The monoisotopic (exact) mass is 393 g/mol. The van der Waals surface area contributed by atoms with Gasteiger partial charge in [-0.3, -0.25) is 0 Å². The fraction of sp³-hybridized carbons (Fsp3) is 0.533. The van der Waals surface area contributed by atoms with Crippen LogP contribution >= 0.6 is 12.2 Å². The maximum Gasteiger partial charge on any atom is 0.416 e. The summed E-state index contributed by atoms with van der Waals surface area (Å²) in [6.45, 7) is 1.41. The van der Waals surface area contributed by atoms with Gasteiger partial charge in [0.05, 0.1) is 10.5 Å². The van der Waals surface area contributed by atoms with E-state index in [2.05, 4.69) is 5.32 Å². The predicted octanol–water partition coefficient (Wildman–Crippen LogP) is 2.05. The summed E-state index contributed by atoms with van der Waals surface area (Å²) in [5, 5.41) is 3.85. The minimum absolute atomic E-state index is 0.132.